The van der Waals surface area contributed by atoms with E-state index in [9.17, 15) is 0 Å². The van der Waals surface area contributed by atoms with Crippen molar-refractivity contribution in [1.82, 2.24) is 0 Å². The third kappa shape index (κ3) is 2.78. The molecule has 2 aromatic rings. The molecule has 1 aliphatic rings. The fraction of sp³-hybridized carbons (Fsp3) is 0.235. The number of halogens is 1. The molecule has 0 unspecified atom stereocenters. The summed E-state index contributed by atoms with van der Waals surface area (Å²) in [6.07, 6.45) is 3.25. The fourth-order valence-corrected chi connectivity index (χ4v) is 2.60. The van der Waals surface area contributed by atoms with Crippen LogP contribution in [-0.2, 0) is 6.42 Å². The van der Waals surface area contributed by atoms with Gasteiger partial charge in [0.1, 0.15) is 5.75 Å². The Hall–Kier alpha value is -1.61. The SMILES string of the molecule is COc1cccc2c1C=[N+](c1cccc(C)c1)CC2.[Br-]. The van der Waals surface area contributed by atoms with Gasteiger partial charge in [0.25, 0.3) is 0 Å². The molecule has 0 radical (unpaired) electrons. The van der Waals surface area contributed by atoms with Crippen LogP contribution in [0, 0.1) is 6.92 Å². The molecule has 0 spiro atoms. The van der Waals surface area contributed by atoms with Gasteiger partial charge in [-0.2, -0.15) is 4.58 Å². The van der Waals surface area contributed by atoms with E-state index < -0.39 is 0 Å². The van der Waals surface area contributed by atoms with Crippen molar-refractivity contribution in [1.29, 1.82) is 0 Å². The zero-order valence-electron chi connectivity index (χ0n) is 11.8. The molecule has 3 heteroatoms. The summed E-state index contributed by atoms with van der Waals surface area (Å²) < 4.78 is 7.77. The van der Waals surface area contributed by atoms with E-state index in [1.54, 1.807) is 7.11 Å². The van der Waals surface area contributed by atoms with Crippen molar-refractivity contribution in [2.45, 2.75) is 13.3 Å². The van der Waals surface area contributed by atoms with E-state index >= 15 is 0 Å². The lowest BCUT2D eigenvalue weighted by atomic mass is 10.0. The molecule has 0 amide bonds. The molecule has 0 saturated heterocycles. The first-order valence-corrected chi connectivity index (χ1v) is 6.62. The van der Waals surface area contributed by atoms with Crippen molar-refractivity contribution < 1.29 is 26.3 Å². The fourth-order valence-electron chi connectivity index (χ4n) is 2.60. The molecule has 2 nitrogen and oxygen atoms in total. The lowest BCUT2D eigenvalue weighted by Gasteiger charge is -2.14. The van der Waals surface area contributed by atoms with Gasteiger partial charge in [-0.15, -0.1) is 0 Å². The molecule has 0 atom stereocenters. The van der Waals surface area contributed by atoms with E-state index in [0.717, 1.165) is 18.7 Å². The quantitative estimate of drug-likeness (QED) is 0.722. The summed E-state index contributed by atoms with van der Waals surface area (Å²) in [5, 5.41) is 0. The number of hydrogen-bond donors (Lipinski definition) is 0. The van der Waals surface area contributed by atoms with Crippen LogP contribution < -0.4 is 21.7 Å². The topological polar surface area (TPSA) is 12.2 Å². The number of aryl methyl sites for hydroxylation is 1. The maximum absolute atomic E-state index is 5.46. The number of nitrogens with zero attached hydrogens (tertiary/aromatic N) is 1. The van der Waals surface area contributed by atoms with Gasteiger partial charge in [-0.3, -0.25) is 0 Å². The molecule has 3 rings (SSSR count). The van der Waals surface area contributed by atoms with Crippen LogP contribution >= 0.6 is 0 Å². The van der Waals surface area contributed by atoms with E-state index in [-0.39, 0.29) is 17.0 Å². The number of ether oxygens (including phenoxy) is 1. The Kier molecular flexibility index (Phi) is 4.61. The molecule has 0 saturated carbocycles. The summed E-state index contributed by atoms with van der Waals surface area (Å²) in [5.74, 6) is 0.954. The number of benzene rings is 2. The number of methoxy groups -OCH3 is 1. The van der Waals surface area contributed by atoms with Gasteiger partial charge >= 0.3 is 0 Å². The Morgan fingerprint density at radius 2 is 1.90 bits per heavy atom. The van der Waals surface area contributed by atoms with Crippen molar-refractivity contribution in [2.24, 2.45) is 0 Å². The Labute approximate surface area is 130 Å². The molecule has 1 heterocycles. The van der Waals surface area contributed by atoms with Crippen LogP contribution in [-0.4, -0.2) is 24.4 Å². The third-order valence-electron chi connectivity index (χ3n) is 3.62. The highest BCUT2D eigenvalue weighted by atomic mass is 79.9. The number of hydrogen-bond acceptors (Lipinski definition) is 1. The van der Waals surface area contributed by atoms with Gasteiger partial charge in [0.2, 0.25) is 5.69 Å². The van der Waals surface area contributed by atoms with Gasteiger partial charge in [0.15, 0.2) is 12.8 Å². The van der Waals surface area contributed by atoms with Gasteiger partial charge in [-0.1, -0.05) is 24.3 Å². The summed E-state index contributed by atoms with van der Waals surface area (Å²) in [5.41, 5.74) is 5.11. The first-order valence-electron chi connectivity index (χ1n) is 6.62. The van der Waals surface area contributed by atoms with E-state index in [1.165, 1.54) is 22.4 Å². The molecule has 104 valence electrons. The largest absolute Gasteiger partial charge is 1.00 e. The standard InChI is InChI=1S/C17H18NO.BrH/c1-13-5-3-7-15(11-13)18-10-9-14-6-4-8-17(19-2)16(14)12-18;/h3-8,11-12H,9-10H2,1-2H3;1H/q+1;/p-1. The average Bonchev–Trinajstić information content (AvgIpc) is 2.46. The summed E-state index contributed by atoms with van der Waals surface area (Å²) in [7, 11) is 1.73. The minimum absolute atomic E-state index is 0. The third-order valence-corrected chi connectivity index (χ3v) is 3.62. The van der Waals surface area contributed by atoms with Crippen LogP contribution in [0.1, 0.15) is 16.7 Å². The Morgan fingerprint density at radius 3 is 2.65 bits per heavy atom. The van der Waals surface area contributed by atoms with Crippen molar-refractivity contribution >= 4 is 11.9 Å². The van der Waals surface area contributed by atoms with E-state index in [2.05, 4.69) is 54.1 Å². The molecule has 0 aromatic heterocycles. The second-order valence-corrected chi connectivity index (χ2v) is 4.94. The van der Waals surface area contributed by atoms with Crippen molar-refractivity contribution in [2.75, 3.05) is 13.7 Å². The van der Waals surface area contributed by atoms with Gasteiger partial charge < -0.3 is 21.7 Å². The lowest BCUT2D eigenvalue weighted by Crippen LogP contribution is -3.00. The zero-order valence-corrected chi connectivity index (χ0v) is 13.4. The minimum Gasteiger partial charge on any atom is -1.00 e. The second kappa shape index (κ2) is 6.23. The minimum atomic E-state index is 0. The molecule has 0 fully saturated rings. The molecule has 0 aliphatic carbocycles. The highest BCUT2D eigenvalue weighted by Crippen LogP contribution is 2.25. The molecule has 1 aliphatic heterocycles. The average molecular weight is 332 g/mol. The Balaban J connectivity index is 0.00000147. The van der Waals surface area contributed by atoms with Crippen LogP contribution in [0.4, 0.5) is 5.69 Å². The van der Waals surface area contributed by atoms with E-state index in [4.69, 9.17) is 4.74 Å². The molecule has 2 aromatic carbocycles. The first-order chi connectivity index (χ1) is 9.28. The summed E-state index contributed by atoms with van der Waals surface area (Å²) in [4.78, 5) is 0. The lowest BCUT2D eigenvalue weighted by molar-refractivity contribution is -0.436. The zero-order chi connectivity index (χ0) is 13.2. The Morgan fingerprint density at radius 1 is 1.10 bits per heavy atom. The molecule has 20 heavy (non-hydrogen) atoms. The van der Waals surface area contributed by atoms with Crippen LogP contribution in [0.5, 0.6) is 5.75 Å². The highest BCUT2D eigenvalue weighted by molar-refractivity contribution is 5.83. The normalized spacial score (nSPS) is 13.0. The smallest absolute Gasteiger partial charge is 0.205 e. The first kappa shape index (κ1) is 14.8. The van der Waals surface area contributed by atoms with Gasteiger partial charge in [-0.05, 0) is 24.1 Å². The highest BCUT2D eigenvalue weighted by Gasteiger charge is 2.20. The predicted molar refractivity (Wildman–Crippen MR) is 77.8 cm³/mol. The molecular formula is C17H18BrNO. The van der Waals surface area contributed by atoms with E-state index in [1.807, 2.05) is 6.07 Å². The monoisotopic (exact) mass is 331 g/mol. The molecule has 0 N–H and O–H groups in total. The molecular weight excluding hydrogens is 314 g/mol. The van der Waals surface area contributed by atoms with Crippen LogP contribution in [0.2, 0.25) is 0 Å². The van der Waals surface area contributed by atoms with Crippen molar-refractivity contribution in [3.8, 4) is 5.75 Å². The Bertz CT molecular complexity index is 649. The summed E-state index contributed by atoms with van der Waals surface area (Å²) >= 11 is 0. The maximum atomic E-state index is 5.46. The second-order valence-electron chi connectivity index (χ2n) is 4.94. The number of fused-ring (bicyclic) bond motifs is 1. The number of rotatable bonds is 2. The van der Waals surface area contributed by atoms with Crippen molar-refractivity contribution in [3.63, 3.8) is 0 Å². The maximum Gasteiger partial charge on any atom is 0.205 e. The van der Waals surface area contributed by atoms with Gasteiger partial charge in [-0.25, -0.2) is 0 Å². The van der Waals surface area contributed by atoms with Crippen LogP contribution in [0.3, 0.4) is 0 Å². The van der Waals surface area contributed by atoms with Gasteiger partial charge in [0.05, 0.1) is 12.7 Å². The van der Waals surface area contributed by atoms with Crippen molar-refractivity contribution in [3.05, 3.63) is 59.2 Å². The molecule has 0 bridgehead atoms. The van der Waals surface area contributed by atoms with Crippen LogP contribution in [0.15, 0.2) is 42.5 Å². The summed E-state index contributed by atoms with van der Waals surface area (Å²) in [6.45, 7) is 3.14. The van der Waals surface area contributed by atoms with Gasteiger partial charge in [0, 0.05) is 18.6 Å². The van der Waals surface area contributed by atoms with E-state index in [0.29, 0.717) is 0 Å². The summed E-state index contributed by atoms with van der Waals surface area (Å²) in [6, 6.07) is 14.9. The van der Waals surface area contributed by atoms with Crippen LogP contribution in [0.25, 0.3) is 0 Å². The predicted octanol–water partition coefficient (Wildman–Crippen LogP) is 0.327.